The standard InChI is InChI=1S/C16H23FN2O/c1-16(2,12-6-5-7-13(17)10-12)11-19-15(20)14-8-3-4-9-18-14/h5-7,10,14,18H,3-4,8-9,11H2,1-2H3,(H,19,20). The third kappa shape index (κ3) is 3.79. The van der Waals surface area contributed by atoms with Crippen LogP contribution in [0.2, 0.25) is 0 Å². The van der Waals surface area contributed by atoms with Gasteiger partial charge in [0.1, 0.15) is 5.82 Å². The fraction of sp³-hybridized carbons (Fsp3) is 0.562. The lowest BCUT2D eigenvalue weighted by Gasteiger charge is -2.28. The SMILES string of the molecule is CC(C)(CNC(=O)C1CCCCN1)c1cccc(F)c1. The molecule has 1 amide bonds. The maximum Gasteiger partial charge on any atom is 0.237 e. The molecule has 1 atom stereocenters. The molecule has 1 heterocycles. The number of carbonyl (C=O) groups excluding carboxylic acids is 1. The Bertz CT molecular complexity index is 467. The molecule has 1 fully saturated rings. The number of benzene rings is 1. The second kappa shape index (κ2) is 6.35. The van der Waals surface area contributed by atoms with Crippen LogP contribution in [0.25, 0.3) is 0 Å². The summed E-state index contributed by atoms with van der Waals surface area (Å²) >= 11 is 0. The van der Waals surface area contributed by atoms with E-state index >= 15 is 0 Å². The van der Waals surface area contributed by atoms with Crippen molar-refractivity contribution in [1.29, 1.82) is 0 Å². The first kappa shape index (κ1) is 15.0. The zero-order valence-electron chi connectivity index (χ0n) is 12.2. The van der Waals surface area contributed by atoms with Crippen molar-refractivity contribution in [1.82, 2.24) is 10.6 Å². The van der Waals surface area contributed by atoms with Gasteiger partial charge in [-0.1, -0.05) is 32.4 Å². The fourth-order valence-corrected chi connectivity index (χ4v) is 2.52. The molecule has 1 unspecified atom stereocenters. The number of amides is 1. The summed E-state index contributed by atoms with van der Waals surface area (Å²) in [5.41, 5.74) is 0.612. The van der Waals surface area contributed by atoms with Crippen LogP contribution in [0, 0.1) is 5.82 Å². The fourth-order valence-electron chi connectivity index (χ4n) is 2.52. The summed E-state index contributed by atoms with van der Waals surface area (Å²) in [7, 11) is 0. The van der Waals surface area contributed by atoms with E-state index in [1.807, 2.05) is 19.9 Å². The van der Waals surface area contributed by atoms with Gasteiger partial charge in [-0.2, -0.15) is 0 Å². The minimum absolute atomic E-state index is 0.0502. The zero-order chi connectivity index (χ0) is 14.6. The van der Waals surface area contributed by atoms with Crippen LogP contribution in [0.15, 0.2) is 24.3 Å². The summed E-state index contributed by atoms with van der Waals surface area (Å²) in [6.07, 6.45) is 3.13. The van der Waals surface area contributed by atoms with Crippen LogP contribution in [-0.4, -0.2) is 25.0 Å². The summed E-state index contributed by atoms with van der Waals surface area (Å²) in [5.74, 6) is -0.190. The number of hydrogen-bond acceptors (Lipinski definition) is 2. The van der Waals surface area contributed by atoms with Crippen LogP contribution in [0.4, 0.5) is 4.39 Å². The molecular weight excluding hydrogens is 255 g/mol. The third-order valence-electron chi connectivity index (χ3n) is 3.94. The van der Waals surface area contributed by atoms with E-state index in [0.29, 0.717) is 6.54 Å². The van der Waals surface area contributed by atoms with Crippen LogP contribution in [0.5, 0.6) is 0 Å². The highest BCUT2D eigenvalue weighted by molar-refractivity contribution is 5.81. The summed E-state index contributed by atoms with van der Waals surface area (Å²) in [6, 6.07) is 6.49. The molecule has 1 aromatic rings. The Kier molecular flexibility index (Phi) is 4.76. The van der Waals surface area contributed by atoms with Crippen LogP contribution in [-0.2, 0) is 10.2 Å². The Balaban J connectivity index is 1.93. The zero-order valence-corrected chi connectivity index (χ0v) is 12.2. The van der Waals surface area contributed by atoms with Crippen LogP contribution in [0.3, 0.4) is 0 Å². The summed E-state index contributed by atoms with van der Waals surface area (Å²) in [6.45, 7) is 5.44. The first-order chi connectivity index (χ1) is 9.49. The predicted octanol–water partition coefficient (Wildman–Crippen LogP) is 2.36. The molecular formula is C16H23FN2O. The molecule has 1 aliphatic rings. The molecule has 4 heteroatoms. The maximum atomic E-state index is 13.3. The number of carbonyl (C=O) groups is 1. The van der Waals surface area contributed by atoms with Gasteiger partial charge in [-0.3, -0.25) is 4.79 Å². The molecule has 0 radical (unpaired) electrons. The van der Waals surface area contributed by atoms with Gasteiger partial charge in [0.15, 0.2) is 0 Å². The molecule has 2 N–H and O–H groups in total. The molecule has 0 aliphatic carbocycles. The van der Waals surface area contributed by atoms with Gasteiger partial charge in [0.25, 0.3) is 0 Å². The molecule has 20 heavy (non-hydrogen) atoms. The van der Waals surface area contributed by atoms with Crippen molar-refractivity contribution in [3.05, 3.63) is 35.6 Å². The van der Waals surface area contributed by atoms with Gasteiger partial charge >= 0.3 is 0 Å². The highest BCUT2D eigenvalue weighted by Gasteiger charge is 2.25. The third-order valence-corrected chi connectivity index (χ3v) is 3.94. The van der Waals surface area contributed by atoms with E-state index in [4.69, 9.17) is 0 Å². The van der Waals surface area contributed by atoms with Crippen molar-refractivity contribution >= 4 is 5.91 Å². The topological polar surface area (TPSA) is 41.1 Å². The predicted molar refractivity (Wildman–Crippen MR) is 78.1 cm³/mol. The van der Waals surface area contributed by atoms with Gasteiger partial charge < -0.3 is 10.6 Å². The molecule has 0 spiro atoms. The van der Waals surface area contributed by atoms with Gasteiger partial charge in [0.05, 0.1) is 6.04 Å². The van der Waals surface area contributed by atoms with Crippen molar-refractivity contribution < 1.29 is 9.18 Å². The molecule has 3 nitrogen and oxygen atoms in total. The molecule has 1 saturated heterocycles. The lowest BCUT2D eigenvalue weighted by molar-refractivity contribution is -0.123. The maximum absolute atomic E-state index is 13.3. The Hall–Kier alpha value is -1.42. The van der Waals surface area contributed by atoms with E-state index < -0.39 is 0 Å². The van der Waals surface area contributed by atoms with Gasteiger partial charge in [-0.15, -0.1) is 0 Å². The molecule has 1 aliphatic heterocycles. The first-order valence-corrected chi connectivity index (χ1v) is 7.26. The van der Waals surface area contributed by atoms with E-state index in [9.17, 15) is 9.18 Å². The number of halogens is 1. The van der Waals surface area contributed by atoms with E-state index in [-0.39, 0.29) is 23.2 Å². The van der Waals surface area contributed by atoms with Crippen molar-refractivity contribution in [2.24, 2.45) is 0 Å². The van der Waals surface area contributed by atoms with Gasteiger partial charge in [0, 0.05) is 12.0 Å². The van der Waals surface area contributed by atoms with E-state index in [0.717, 1.165) is 31.4 Å². The molecule has 2 rings (SSSR count). The van der Waals surface area contributed by atoms with E-state index in [1.54, 1.807) is 6.07 Å². The van der Waals surface area contributed by atoms with Gasteiger partial charge in [0.2, 0.25) is 5.91 Å². The van der Waals surface area contributed by atoms with E-state index in [2.05, 4.69) is 10.6 Å². The quantitative estimate of drug-likeness (QED) is 0.887. The first-order valence-electron chi connectivity index (χ1n) is 7.26. The van der Waals surface area contributed by atoms with Crippen molar-refractivity contribution in [2.75, 3.05) is 13.1 Å². The average Bonchev–Trinajstić information content (AvgIpc) is 2.46. The van der Waals surface area contributed by atoms with Crippen LogP contribution >= 0.6 is 0 Å². The number of nitrogens with one attached hydrogen (secondary N) is 2. The lowest BCUT2D eigenvalue weighted by atomic mass is 9.84. The Morgan fingerprint density at radius 3 is 2.90 bits per heavy atom. The Morgan fingerprint density at radius 2 is 2.25 bits per heavy atom. The Morgan fingerprint density at radius 1 is 1.45 bits per heavy atom. The molecule has 110 valence electrons. The highest BCUT2D eigenvalue weighted by atomic mass is 19.1. The van der Waals surface area contributed by atoms with E-state index in [1.165, 1.54) is 12.1 Å². The molecule has 1 aromatic carbocycles. The van der Waals surface area contributed by atoms with Crippen LogP contribution in [0.1, 0.15) is 38.7 Å². The number of hydrogen-bond donors (Lipinski definition) is 2. The molecule has 0 saturated carbocycles. The number of piperidine rings is 1. The van der Waals surface area contributed by atoms with Crippen molar-refractivity contribution in [3.63, 3.8) is 0 Å². The summed E-state index contributed by atoms with van der Waals surface area (Å²) < 4.78 is 13.3. The number of rotatable bonds is 4. The van der Waals surface area contributed by atoms with Gasteiger partial charge in [-0.05, 0) is 37.1 Å². The largest absolute Gasteiger partial charge is 0.354 e. The summed E-state index contributed by atoms with van der Waals surface area (Å²) in [5, 5.41) is 6.22. The second-order valence-electron chi connectivity index (χ2n) is 6.11. The molecule has 0 bridgehead atoms. The molecule has 0 aromatic heterocycles. The van der Waals surface area contributed by atoms with Crippen molar-refractivity contribution in [2.45, 2.75) is 44.6 Å². The summed E-state index contributed by atoms with van der Waals surface area (Å²) in [4.78, 5) is 12.1. The normalized spacial score (nSPS) is 19.6. The Labute approximate surface area is 120 Å². The monoisotopic (exact) mass is 278 g/mol. The highest BCUT2D eigenvalue weighted by Crippen LogP contribution is 2.23. The van der Waals surface area contributed by atoms with Crippen molar-refractivity contribution in [3.8, 4) is 0 Å². The average molecular weight is 278 g/mol. The van der Waals surface area contributed by atoms with Gasteiger partial charge in [-0.25, -0.2) is 4.39 Å². The minimum atomic E-state index is -0.285. The minimum Gasteiger partial charge on any atom is -0.354 e. The lowest BCUT2D eigenvalue weighted by Crippen LogP contribution is -2.49. The van der Waals surface area contributed by atoms with Crippen LogP contribution < -0.4 is 10.6 Å². The second-order valence-corrected chi connectivity index (χ2v) is 6.11. The smallest absolute Gasteiger partial charge is 0.237 e.